The van der Waals surface area contributed by atoms with Crippen LogP contribution in [0.15, 0.2) is 47.0 Å². The Morgan fingerprint density at radius 3 is 2.48 bits per heavy atom. The fraction of sp³-hybridized carbons (Fsp3) is 0.318. The van der Waals surface area contributed by atoms with Crippen LogP contribution in [0, 0.1) is 11.6 Å². The van der Waals surface area contributed by atoms with Gasteiger partial charge in [-0.05, 0) is 62.3 Å². The highest BCUT2D eigenvalue weighted by molar-refractivity contribution is 5.92. The molecule has 1 fully saturated rings. The molecule has 2 aromatic carbocycles. The Morgan fingerprint density at radius 1 is 1.16 bits per heavy atom. The molecule has 0 radical (unpaired) electrons. The van der Waals surface area contributed by atoms with E-state index in [0.29, 0.717) is 24.8 Å². The number of nitrogens with zero attached hydrogens (tertiary/aromatic N) is 3. The number of nitrogens with one attached hydrogen (secondary N) is 1. The van der Waals surface area contributed by atoms with Crippen molar-refractivity contribution in [2.24, 2.45) is 0 Å². The highest BCUT2D eigenvalue weighted by Gasteiger charge is 2.26. The third-order valence-electron chi connectivity index (χ3n) is 5.24. The molecule has 3 aromatic rings. The standard InChI is InChI=1S/C22H22F2N4O3/c1-30-19-4-2-14(3-5-19)21-26-22(31-27-21)15-6-8-28(9-7-15)13-20(29)25-18-11-16(23)10-17(24)12-18/h2-5,10-12,15H,6-9,13H2,1H3,(H,25,29). The Hall–Kier alpha value is -3.33. The van der Waals surface area contributed by atoms with Gasteiger partial charge in [-0.25, -0.2) is 8.78 Å². The molecule has 0 saturated carbocycles. The number of halogens is 2. The maximum atomic E-state index is 13.3. The first kappa shape index (κ1) is 20.9. The first-order valence-electron chi connectivity index (χ1n) is 9.96. The van der Waals surface area contributed by atoms with Crippen LogP contribution in [0.3, 0.4) is 0 Å². The number of hydrogen-bond donors (Lipinski definition) is 1. The molecule has 1 aliphatic heterocycles. The lowest BCUT2D eigenvalue weighted by atomic mass is 9.97. The van der Waals surface area contributed by atoms with Crippen LogP contribution in [0.2, 0.25) is 0 Å². The summed E-state index contributed by atoms with van der Waals surface area (Å²) in [4.78, 5) is 18.7. The predicted molar refractivity (Wildman–Crippen MR) is 110 cm³/mol. The van der Waals surface area contributed by atoms with Crippen molar-refractivity contribution in [2.75, 3.05) is 32.1 Å². The van der Waals surface area contributed by atoms with Crippen molar-refractivity contribution in [1.82, 2.24) is 15.0 Å². The van der Waals surface area contributed by atoms with E-state index in [1.165, 1.54) is 0 Å². The zero-order valence-electron chi connectivity index (χ0n) is 17.0. The number of aromatic nitrogens is 2. The van der Waals surface area contributed by atoms with Crippen LogP contribution in [0.25, 0.3) is 11.4 Å². The van der Waals surface area contributed by atoms with Crippen LogP contribution in [0.5, 0.6) is 5.75 Å². The summed E-state index contributed by atoms with van der Waals surface area (Å²) < 4.78 is 37.1. The minimum Gasteiger partial charge on any atom is -0.497 e. The number of hydrogen-bond acceptors (Lipinski definition) is 6. The molecule has 1 aliphatic rings. The fourth-order valence-corrected chi connectivity index (χ4v) is 3.63. The Morgan fingerprint density at radius 2 is 1.84 bits per heavy atom. The molecule has 1 saturated heterocycles. The van der Waals surface area contributed by atoms with Crippen LogP contribution in [0.4, 0.5) is 14.5 Å². The number of piperidine rings is 1. The second-order valence-electron chi connectivity index (χ2n) is 7.44. The summed E-state index contributed by atoms with van der Waals surface area (Å²) in [6.07, 6.45) is 1.54. The van der Waals surface area contributed by atoms with Crippen molar-refractivity contribution in [3.8, 4) is 17.1 Å². The van der Waals surface area contributed by atoms with Crippen LogP contribution >= 0.6 is 0 Å². The van der Waals surface area contributed by atoms with Crippen molar-refractivity contribution in [2.45, 2.75) is 18.8 Å². The second-order valence-corrected chi connectivity index (χ2v) is 7.44. The van der Waals surface area contributed by atoms with Gasteiger partial charge in [0.05, 0.1) is 13.7 Å². The number of carbonyl (C=O) groups is 1. The van der Waals surface area contributed by atoms with Gasteiger partial charge in [0.1, 0.15) is 17.4 Å². The van der Waals surface area contributed by atoms with Gasteiger partial charge >= 0.3 is 0 Å². The average Bonchev–Trinajstić information content (AvgIpc) is 3.24. The quantitative estimate of drug-likeness (QED) is 0.643. The van der Waals surface area contributed by atoms with Gasteiger partial charge < -0.3 is 14.6 Å². The molecule has 0 aliphatic carbocycles. The van der Waals surface area contributed by atoms with Gasteiger partial charge in [0.25, 0.3) is 0 Å². The van der Waals surface area contributed by atoms with Gasteiger partial charge in [0, 0.05) is 23.2 Å². The molecule has 0 unspecified atom stereocenters. The lowest BCUT2D eigenvalue weighted by Crippen LogP contribution is -2.38. The molecule has 31 heavy (non-hydrogen) atoms. The summed E-state index contributed by atoms with van der Waals surface area (Å²) in [6, 6.07) is 10.4. The van der Waals surface area contributed by atoms with E-state index in [-0.39, 0.29) is 24.1 Å². The molecule has 1 N–H and O–H groups in total. The molecule has 4 rings (SSSR count). The first-order chi connectivity index (χ1) is 15.0. The van der Waals surface area contributed by atoms with E-state index in [9.17, 15) is 13.6 Å². The summed E-state index contributed by atoms with van der Waals surface area (Å²) in [7, 11) is 1.61. The SMILES string of the molecule is COc1ccc(-c2noc(C3CCN(CC(=O)Nc4cc(F)cc(F)c4)CC3)n2)cc1. The number of carbonyl (C=O) groups excluding carboxylic acids is 1. The fourth-order valence-electron chi connectivity index (χ4n) is 3.63. The van der Waals surface area contributed by atoms with Crippen LogP contribution in [-0.2, 0) is 4.79 Å². The Balaban J connectivity index is 1.29. The van der Waals surface area contributed by atoms with Gasteiger partial charge in [0.15, 0.2) is 0 Å². The second kappa shape index (κ2) is 9.22. The Bertz CT molecular complexity index is 1030. The van der Waals surface area contributed by atoms with Crippen LogP contribution in [-0.4, -0.2) is 47.7 Å². The summed E-state index contributed by atoms with van der Waals surface area (Å²) in [6.45, 7) is 1.50. The first-order valence-corrected chi connectivity index (χ1v) is 9.96. The van der Waals surface area contributed by atoms with Gasteiger partial charge in [-0.2, -0.15) is 4.98 Å². The molecule has 0 spiro atoms. The van der Waals surface area contributed by atoms with E-state index in [4.69, 9.17) is 9.26 Å². The average molecular weight is 428 g/mol. The highest BCUT2D eigenvalue weighted by Crippen LogP contribution is 2.29. The molecule has 0 bridgehead atoms. The number of rotatable bonds is 6. The smallest absolute Gasteiger partial charge is 0.238 e. The van der Waals surface area contributed by atoms with E-state index in [1.807, 2.05) is 29.2 Å². The summed E-state index contributed by atoms with van der Waals surface area (Å²) in [5.74, 6) is 0.215. The predicted octanol–water partition coefficient (Wildman–Crippen LogP) is 3.84. The molecule has 1 aromatic heterocycles. The monoisotopic (exact) mass is 428 g/mol. The zero-order chi connectivity index (χ0) is 21.8. The number of ether oxygens (including phenoxy) is 1. The van der Waals surface area contributed by atoms with Crippen molar-refractivity contribution in [1.29, 1.82) is 0 Å². The summed E-state index contributed by atoms with van der Waals surface area (Å²) in [5, 5.41) is 6.61. The van der Waals surface area contributed by atoms with E-state index in [0.717, 1.165) is 42.4 Å². The molecular formula is C22H22F2N4O3. The third-order valence-corrected chi connectivity index (χ3v) is 5.24. The normalized spacial score (nSPS) is 15.1. The van der Waals surface area contributed by atoms with Gasteiger partial charge in [0.2, 0.25) is 17.6 Å². The van der Waals surface area contributed by atoms with Crippen LogP contribution < -0.4 is 10.1 Å². The molecular weight excluding hydrogens is 406 g/mol. The minimum absolute atomic E-state index is 0.106. The number of benzene rings is 2. The maximum absolute atomic E-state index is 13.3. The van der Waals surface area contributed by atoms with Crippen molar-refractivity contribution < 1.29 is 22.8 Å². The summed E-state index contributed by atoms with van der Waals surface area (Å²) in [5.41, 5.74) is 0.952. The van der Waals surface area contributed by atoms with E-state index < -0.39 is 11.6 Å². The Labute approximate surface area is 178 Å². The molecule has 2 heterocycles. The van der Waals surface area contributed by atoms with Gasteiger partial charge in [-0.3, -0.25) is 9.69 Å². The Kier molecular flexibility index (Phi) is 6.22. The largest absolute Gasteiger partial charge is 0.497 e. The number of anilines is 1. The van der Waals surface area contributed by atoms with Crippen molar-refractivity contribution in [3.63, 3.8) is 0 Å². The summed E-state index contributed by atoms with van der Waals surface area (Å²) >= 11 is 0. The van der Waals surface area contributed by atoms with E-state index in [1.54, 1.807) is 7.11 Å². The van der Waals surface area contributed by atoms with Crippen molar-refractivity contribution >= 4 is 11.6 Å². The van der Waals surface area contributed by atoms with Gasteiger partial charge in [-0.1, -0.05) is 5.16 Å². The van der Waals surface area contributed by atoms with E-state index in [2.05, 4.69) is 15.5 Å². The minimum atomic E-state index is -0.732. The zero-order valence-corrected chi connectivity index (χ0v) is 17.0. The highest BCUT2D eigenvalue weighted by atomic mass is 19.1. The van der Waals surface area contributed by atoms with E-state index >= 15 is 0 Å². The lowest BCUT2D eigenvalue weighted by Gasteiger charge is -2.29. The van der Waals surface area contributed by atoms with Crippen molar-refractivity contribution in [3.05, 3.63) is 60.0 Å². The third kappa shape index (κ3) is 5.24. The molecule has 9 heteroatoms. The van der Waals surface area contributed by atoms with Gasteiger partial charge in [-0.15, -0.1) is 0 Å². The topological polar surface area (TPSA) is 80.5 Å². The maximum Gasteiger partial charge on any atom is 0.238 e. The lowest BCUT2D eigenvalue weighted by molar-refractivity contribution is -0.117. The number of methoxy groups -OCH3 is 1. The number of amides is 1. The molecule has 162 valence electrons. The van der Waals surface area contributed by atoms with Crippen LogP contribution in [0.1, 0.15) is 24.7 Å². The molecule has 0 atom stereocenters. The molecule has 7 nitrogen and oxygen atoms in total. The molecule has 1 amide bonds. The number of likely N-dealkylation sites (tertiary alicyclic amines) is 1.